The van der Waals surface area contributed by atoms with Crippen LogP contribution >= 0.6 is 11.6 Å². The van der Waals surface area contributed by atoms with Crippen LogP contribution in [-0.4, -0.2) is 37.5 Å². The van der Waals surface area contributed by atoms with E-state index in [9.17, 15) is 0 Å². The summed E-state index contributed by atoms with van der Waals surface area (Å²) >= 11 is 6.07. The Labute approximate surface area is 181 Å². The highest BCUT2D eigenvalue weighted by Crippen LogP contribution is 2.25. The zero-order valence-corrected chi connectivity index (χ0v) is 17.8. The number of pyridine rings is 2. The Morgan fingerprint density at radius 2 is 1.73 bits per heavy atom. The average Bonchev–Trinajstić information content (AvgIpc) is 3.10. The van der Waals surface area contributed by atoms with Crippen LogP contribution in [0.4, 0.5) is 0 Å². The van der Waals surface area contributed by atoms with Crippen molar-refractivity contribution in [1.29, 1.82) is 0 Å². The molecule has 1 aliphatic rings. The van der Waals surface area contributed by atoms with Gasteiger partial charge in [-0.15, -0.1) is 0 Å². The molecule has 5 nitrogen and oxygen atoms in total. The number of halogens is 1. The average molecular weight is 418 g/mol. The van der Waals surface area contributed by atoms with Crippen molar-refractivity contribution in [3.63, 3.8) is 0 Å². The van der Waals surface area contributed by atoms with Gasteiger partial charge in [-0.1, -0.05) is 30.2 Å². The van der Waals surface area contributed by atoms with Crippen LogP contribution in [0.25, 0.3) is 28.1 Å². The highest BCUT2D eigenvalue weighted by molar-refractivity contribution is 6.29. The Hall–Kier alpha value is -2.76. The molecule has 6 heteroatoms. The number of hydrogen-bond donors (Lipinski definition) is 0. The maximum Gasteiger partial charge on any atom is 0.165 e. The predicted octanol–water partition coefficient (Wildman–Crippen LogP) is 5.43. The number of imidazole rings is 1. The fraction of sp³-hybridized carbons (Fsp3) is 0.292. The Morgan fingerprint density at radius 1 is 0.933 bits per heavy atom. The molecular weight excluding hydrogens is 394 g/mol. The van der Waals surface area contributed by atoms with Gasteiger partial charge in [0.2, 0.25) is 0 Å². The molecule has 5 rings (SSSR count). The van der Waals surface area contributed by atoms with Crippen LogP contribution in [0.5, 0.6) is 0 Å². The molecule has 0 unspecified atom stereocenters. The van der Waals surface area contributed by atoms with Gasteiger partial charge in [0.15, 0.2) is 5.65 Å². The molecule has 1 aromatic carbocycles. The van der Waals surface area contributed by atoms with Crippen molar-refractivity contribution in [3.05, 3.63) is 71.3 Å². The van der Waals surface area contributed by atoms with Crippen molar-refractivity contribution >= 4 is 22.8 Å². The van der Waals surface area contributed by atoms with Crippen molar-refractivity contribution in [2.45, 2.75) is 32.7 Å². The Balaban J connectivity index is 1.48. The molecule has 1 aliphatic heterocycles. The van der Waals surface area contributed by atoms with E-state index in [-0.39, 0.29) is 0 Å². The van der Waals surface area contributed by atoms with Gasteiger partial charge >= 0.3 is 0 Å². The summed E-state index contributed by atoms with van der Waals surface area (Å²) in [6.07, 6.45) is 5.69. The zero-order chi connectivity index (χ0) is 20.5. The van der Waals surface area contributed by atoms with E-state index < -0.39 is 0 Å². The van der Waals surface area contributed by atoms with E-state index in [2.05, 4.69) is 38.7 Å². The third kappa shape index (κ3) is 3.83. The van der Waals surface area contributed by atoms with E-state index in [1.165, 1.54) is 37.9 Å². The molecule has 1 fully saturated rings. The van der Waals surface area contributed by atoms with Crippen molar-refractivity contribution in [2.75, 3.05) is 13.1 Å². The maximum absolute atomic E-state index is 6.07. The van der Waals surface area contributed by atoms with E-state index in [1.807, 2.05) is 31.2 Å². The molecule has 0 saturated carbocycles. The largest absolute Gasteiger partial charge is 0.299 e. The smallest absolute Gasteiger partial charge is 0.165 e. The Morgan fingerprint density at radius 3 is 2.50 bits per heavy atom. The quantitative estimate of drug-likeness (QED) is 0.415. The fourth-order valence-corrected chi connectivity index (χ4v) is 4.40. The number of aryl methyl sites for hydroxylation is 1. The number of hydrogen-bond acceptors (Lipinski definition) is 4. The topological polar surface area (TPSA) is 46.8 Å². The lowest BCUT2D eigenvalue weighted by atomic mass is 10.1. The molecule has 1 saturated heterocycles. The van der Waals surface area contributed by atoms with Gasteiger partial charge < -0.3 is 0 Å². The summed E-state index contributed by atoms with van der Waals surface area (Å²) in [4.78, 5) is 16.2. The predicted molar refractivity (Wildman–Crippen MR) is 121 cm³/mol. The third-order valence-electron chi connectivity index (χ3n) is 5.74. The lowest BCUT2D eigenvalue weighted by molar-refractivity contribution is 0.221. The second-order valence-electron chi connectivity index (χ2n) is 7.90. The number of nitrogens with zero attached hydrogens (tertiary/aromatic N) is 5. The lowest BCUT2D eigenvalue weighted by Gasteiger charge is -2.26. The van der Waals surface area contributed by atoms with Gasteiger partial charge in [0.25, 0.3) is 0 Å². The molecule has 0 spiro atoms. The Kier molecular flexibility index (Phi) is 5.23. The minimum atomic E-state index is 0.461. The standard InChI is InChI=1S/C24H24ClN5/c1-17-27-22-10-9-21(19-11-12-26-23(25)15-19)28-24(22)30(17)20-7-5-18(6-8-20)16-29-13-3-2-4-14-29/h5-12,15H,2-4,13-14,16H2,1H3. The molecule has 152 valence electrons. The van der Waals surface area contributed by atoms with Gasteiger partial charge in [-0.2, -0.15) is 0 Å². The van der Waals surface area contributed by atoms with Crippen LogP contribution in [0, 0.1) is 6.92 Å². The van der Waals surface area contributed by atoms with Crippen molar-refractivity contribution in [3.8, 4) is 16.9 Å². The molecular formula is C24H24ClN5. The maximum atomic E-state index is 6.07. The number of rotatable bonds is 4. The summed E-state index contributed by atoms with van der Waals surface area (Å²) in [6.45, 7) is 5.46. The van der Waals surface area contributed by atoms with Gasteiger partial charge in [0, 0.05) is 24.0 Å². The summed E-state index contributed by atoms with van der Waals surface area (Å²) in [5.74, 6) is 0.922. The van der Waals surface area contributed by atoms with E-state index in [0.29, 0.717) is 5.15 Å². The van der Waals surface area contributed by atoms with E-state index in [4.69, 9.17) is 21.6 Å². The van der Waals surface area contributed by atoms with Crippen LogP contribution in [-0.2, 0) is 6.54 Å². The summed E-state index contributed by atoms with van der Waals surface area (Å²) in [6, 6.07) is 16.5. The number of aromatic nitrogens is 4. The molecule has 4 heterocycles. The highest BCUT2D eigenvalue weighted by atomic mass is 35.5. The van der Waals surface area contributed by atoms with Gasteiger partial charge in [-0.05, 0) is 74.8 Å². The SMILES string of the molecule is Cc1nc2ccc(-c3ccnc(Cl)c3)nc2n1-c1ccc(CN2CCCCC2)cc1. The second-order valence-corrected chi connectivity index (χ2v) is 8.29. The van der Waals surface area contributed by atoms with Gasteiger partial charge in [0.1, 0.15) is 16.5 Å². The third-order valence-corrected chi connectivity index (χ3v) is 5.95. The fourth-order valence-electron chi connectivity index (χ4n) is 4.23. The van der Waals surface area contributed by atoms with Crippen LogP contribution in [0.1, 0.15) is 30.7 Å². The molecule has 0 N–H and O–H groups in total. The van der Waals surface area contributed by atoms with E-state index in [1.54, 1.807) is 6.20 Å². The van der Waals surface area contributed by atoms with Crippen LogP contribution in [0.15, 0.2) is 54.7 Å². The summed E-state index contributed by atoms with van der Waals surface area (Å²) in [7, 11) is 0. The van der Waals surface area contributed by atoms with Gasteiger partial charge in [0.05, 0.1) is 5.69 Å². The van der Waals surface area contributed by atoms with E-state index >= 15 is 0 Å². The normalized spacial score (nSPS) is 15.0. The minimum Gasteiger partial charge on any atom is -0.299 e. The minimum absolute atomic E-state index is 0.461. The van der Waals surface area contributed by atoms with Crippen LogP contribution in [0.3, 0.4) is 0 Å². The van der Waals surface area contributed by atoms with Crippen molar-refractivity contribution in [2.24, 2.45) is 0 Å². The van der Waals surface area contributed by atoms with Crippen LogP contribution < -0.4 is 0 Å². The van der Waals surface area contributed by atoms with Crippen molar-refractivity contribution in [1.82, 2.24) is 24.4 Å². The molecule has 0 amide bonds. The molecule has 0 bridgehead atoms. The lowest BCUT2D eigenvalue weighted by Crippen LogP contribution is -2.29. The zero-order valence-electron chi connectivity index (χ0n) is 17.1. The molecule has 30 heavy (non-hydrogen) atoms. The molecule has 0 radical (unpaired) electrons. The number of piperidine rings is 1. The first kappa shape index (κ1) is 19.2. The van der Waals surface area contributed by atoms with E-state index in [0.717, 1.165) is 40.5 Å². The van der Waals surface area contributed by atoms with Crippen LogP contribution in [0.2, 0.25) is 5.15 Å². The number of fused-ring (bicyclic) bond motifs is 1. The summed E-state index contributed by atoms with van der Waals surface area (Å²) in [5, 5.41) is 0.461. The van der Waals surface area contributed by atoms with Gasteiger partial charge in [-0.25, -0.2) is 15.0 Å². The first-order chi connectivity index (χ1) is 14.7. The van der Waals surface area contributed by atoms with Crippen molar-refractivity contribution < 1.29 is 0 Å². The Bertz CT molecular complexity index is 1180. The summed E-state index contributed by atoms with van der Waals surface area (Å²) < 4.78 is 2.12. The summed E-state index contributed by atoms with van der Waals surface area (Å²) in [5.41, 5.74) is 5.96. The molecule has 0 aliphatic carbocycles. The molecule has 3 aromatic heterocycles. The number of benzene rings is 1. The number of likely N-dealkylation sites (tertiary alicyclic amines) is 1. The second kappa shape index (κ2) is 8.17. The first-order valence-corrected chi connectivity index (χ1v) is 10.8. The van der Waals surface area contributed by atoms with Gasteiger partial charge in [-0.3, -0.25) is 9.47 Å². The molecule has 4 aromatic rings. The highest BCUT2D eigenvalue weighted by Gasteiger charge is 2.14. The first-order valence-electron chi connectivity index (χ1n) is 10.5. The molecule has 0 atom stereocenters. The monoisotopic (exact) mass is 417 g/mol.